The molecule has 0 amide bonds. The van der Waals surface area contributed by atoms with Crippen LogP contribution in [0, 0.1) is 10.1 Å². The molecule has 0 saturated heterocycles. The number of carbonyl (C=O) groups excluding carboxylic acids is 1. The van der Waals surface area contributed by atoms with Crippen molar-refractivity contribution in [3.63, 3.8) is 0 Å². The van der Waals surface area contributed by atoms with Gasteiger partial charge in [0, 0.05) is 11.1 Å². The van der Waals surface area contributed by atoms with Gasteiger partial charge in [-0.3, -0.25) is 10.1 Å². The van der Waals surface area contributed by atoms with Gasteiger partial charge in [0.2, 0.25) is 0 Å². The monoisotopic (exact) mass is 385 g/mol. The summed E-state index contributed by atoms with van der Waals surface area (Å²) in [6, 6.07) is 10.5. The van der Waals surface area contributed by atoms with Crippen molar-refractivity contribution in [1.82, 2.24) is 0 Å². The molecule has 25 heavy (non-hydrogen) atoms. The average molecular weight is 386 g/mol. The van der Waals surface area contributed by atoms with Gasteiger partial charge in [-0.25, -0.2) is 4.79 Å². The van der Waals surface area contributed by atoms with Gasteiger partial charge >= 0.3 is 11.7 Å². The van der Waals surface area contributed by atoms with Gasteiger partial charge in [-0.2, -0.15) is 0 Å². The lowest BCUT2D eigenvalue weighted by Gasteiger charge is -2.09. The fraction of sp³-hybridized carbons (Fsp3) is 0.188. The first-order valence-corrected chi connectivity index (χ1v) is 7.82. The molecule has 2 aromatic carbocycles. The van der Waals surface area contributed by atoms with Crippen molar-refractivity contribution < 1.29 is 23.9 Å². The molecule has 2 aromatic rings. The highest BCUT2D eigenvalue weighted by Crippen LogP contribution is 2.27. The molecule has 7 nitrogen and oxygen atoms in total. The number of para-hydroxylation sites is 2. The van der Waals surface area contributed by atoms with Crippen LogP contribution in [0.3, 0.4) is 0 Å². The molecule has 0 heterocycles. The number of nitro benzene ring substituents is 1. The van der Waals surface area contributed by atoms with Crippen LogP contribution in [0.1, 0.15) is 0 Å². The molecule has 0 atom stereocenters. The summed E-state index contributed by atoms with van der Waals surface area (Å²) in [4.78, 5) is 21.8. The highest BCUT2D eigenvalue weighted by molar-refractivity contribution is 6.35. The third kappa shape index (κ3) is 5.81. The van der Waals surface area contributed by atoms with E-state index in [-0.39, 0.29) is 24.7 Å². The van der Waals surface area contributed by atoms with Gasteiger partial charge in [-0.05, 0) is 24.3 Å². The number of hydrogen-bond donors (Lipinski definition) is 0. The third-order valence-corrected chi connectivity index (χ3v) is 3.44. The molecule has 2 rings (SSSR count). The average Bonchev–Trinajstić information content (AvgIpc) is 2.58. The van der Waals surface area contributed by atoms with Crippen molar-refractivity contribution in [3.8, 4) is 11.5 Å². The summed E-state index contributed by atoms with van der Waals surface area (Å²) in [7, 11) is 0. The lowest BCUT2D eigenvalue weighted by molar-refractivity contribution is -0.385. The molecule has 0 aromatic heterocycles. The zero-order valence-electron chi connectivity index (χ0n) is 12.8. The van der Waals surface area contributed by atoms with Gasteiger partial charge < -0.3 is 14.2 Å². The molecule has 0 unspecified atom stereocenters. The maximum Gasteiger partial charge on any atom is 0.344 e. The van der Waals surface area contributed by atoms with Crippen LogP contribution >= 0.6 is 23.2 Å². The quantitative estimate of drug-likeness (QED) is 0.296. The Morgan fingerprint density at radius 2 is 1.80 bits per heavy atom. The summed E-state index contributed by atoms with van der Waals surface area (Å²) in [5.74, 6) is -0.268. The fourth-order valence-corrected chi connectivity index (χ4v) is 2.27. The fourth-order valence-electron chi connectivity index (χ4n) is 1.81. The van der Waals surface area contributed by atoms with E-state index in [1.807, 2.05) is 0 Å². The molecule has 0 aliphatic carbocycles. The number of halogens is 2. The second-order valence-electron chi connectivity index (χ2n) is 4.66. The summed E-state index contributed by atoms with van der Waals surface area (Å²) >= 11 is 11.7. The van der Waals surface area contributed by atoms with Gasteiger partial charge in [0.05, 0.1) is 9.95 Å². The van der Waals surface area contributed by atoms with E-state index in [0.29, 0.717) is 15.8 Å². The molecular formula is C16H13Cl2NO6. The molecule has 0 aliphatic rings. The maximum absolute atomic E-state index is 11.6. The predicted octanol–water partition coefficient (Wildman–Crippen LogP) is 3.90. The Morgan fingerprint density at radius 1 is 1.04 bits per heavy atom. The van der Waals surface area contributed by atoms with E-state index >= 15 is 0 Å². The molecule has 132 valence electrons. The van der Waals surface area contributed by atoms with Crippen molar-refractivity contribution in [2.75, 3.05) is 19.8 Å². The molecule has 9 heteroatoms. The highest BCUT2D eigenvalue weighted by atomic mass is 35.5. The standard InChI is InChI=1S/C16H13Cl2NO6/c17-11-5-6-14(12(18)9-11)23-7-8-24-16(20)10-25-15-4-2-1-3-13(15)19(21)22/h1-6,9H,7-8,10H2. The zero-order chi connectivity index (χ0) is 18.2. The van der Waals surface area contributed by atoms with E-state index in [9.17, 15) is 14.9 Å². The van der Waals surface area contributed by atoms with Gasteiger partial charge in [0.25, 0.3) is 0 Å². The smallest absolute Gasteiger partial charge is 0.344 e. The Morgan fingerprint density at radius 3 is 2.52 bits per heavy atom. The molecule has 0 bridgehead atoms. The minimum Gasteiger partial charge on any atom is -0.488 e. The SMILES string of the molecule is O=C(COc1ccccc1[N+](=O)[O-])OCCOc1ccc(Cl)cc1Cl. The van der Waals surface area contributed by atoms with E-state index in [4.69, 9.17) is 37.4 Å². The predicted molar refractivity (Wildman–Crippen MR) is 91.5 cm³/mol. The molecule has 0 N–H and O–H groups in total. The van der Waals surface area contributed by atoms with Crippen LogP contribution in [0.25, 0.3) is 0 Å². The first kappa shape index (κ1) is 18.8. The summed E-state index contributed by atoms with van der Waals surface area (Å²) < 4.78 is 15.4. The second kappa shape index (κ2) is 9.10. The first-order valence-electron chi connectivity index (χ1n) is 7.07. The van der Waals surface area contributed by atoms with Crippen LogP contribution in [0.4, 0.5) is 5.69 Å². The Kier molecular flexibility index (Phi) is 6.85. The van der Waals surface area contributed by atoms with E-state index in [1.54, 1.807) is 18.2 Å². The van der Waals surface area contributed by atoms with E-state index in [1.165, 1.54) is 24.3 Å². The van der Waals surface area contributed by atoms with E-state index < -0.39 is 17.5 Å². The number of ether oxygens (including phenoxy) is 3. The molecule has 0 spiro atoms. The number of rotatable bonds is 8. The topological polar surface area (TPSA) is 87.9 Å². The minimum absolute atomic E-state index is 0.00588. The van der Waals surface area contributed by atoms with Gasteiger partial charge in [0.15, 0.2) is 12.4 Å². The van der Waals surface area contributed by atoms with Crippen LogP contribution in [0.15, 0.2) is 42.5 Å². The van der Waals surface area contributed by atoms with E-state index in [2.05, 4.69) is 0 Å². The molecule has 0 fully saturated rings. The second-order valence-corrected chi connectivity index (χ2v) is 5.50. The molecule has 0 aliphatic heterocycles. The number of hydrogen-bond acceptors (Lipinski definition) is 6. The third-order valence-electron chi connectivity index (χ3n) is 2.91. The normalized spacial score (nSPS) is 10.2. The largest absolute Gasteiger partial charge is 0.488 e. The summed E-state index contributed by atoms with van der Waals surface area (Å²) in [6.07, 6.45) is 0. The Labute approximate surface area is 153 Å². The van der Waals surface area contributed by atoms with Gasteiger partial charge in [-0.1, -0.05) is 35.3 Å². The van der Waals surface area contributed by atoms with Crippen molar-refractivity contribution >= 4 is 34.9 Å². The minimum atomic E-state index is -0.677. The Balaban J connectivity index is 1.73. The highest BCUT2D eigenvalue weighted by Gasteiger charge is 2.15. The summed E-state index contributed by atoms with van der Waals surface area (Å²) in [5.41, 5.74) is -0.226. The van der Waals surface area contributed by atoms with E-state index in [0.717, 1.165) is 0 Å². The number of nitro groups is 1. The van der Waals surface area contributed by atoms with Crippen LogP contribution in [-0.4, -0.2) is 30.7 Å². The Bertz CT molecular complexity index is 768. The van der Waals surface area contributed by atoms with Crippen molar-refractivity contribution in [2.24, 2.45) is 0 Å². The zero-order valence-corrected chi connectivity index (χ0v) is 14.3. The molecular weight excluding hydrogens is 373 g/mol. The number of nitrogens with zero attached hydrogens (tertiary/aromatic N) is 1. The van der Waals surface area contributed by atoms with Gasteiger partial charge in [-0.15, -0.1) is 0 Å². The van der Waals surface area contributed by atoms with Crippen LogP contribution in [-0.2, 0) is 9.53 Å². The first-order chi connectivity index (χ1) is 12.0. The lowest BCUT2D eigenvalue weighted by atomic mass is 10.3. The Hall–Kier alpha value is -2.51. The number of carbonyl (C=O) groups is 1. The van der Waals surface area contributed by atoms with Crippen molar-refractivity contribution in [2.45, 2.75) is 0 Å². The summed E-state index contributed by atoms with van der Waals surface area (Å²) in [6.45, 7) is -0.400. The van der Waals surface area contributed by atoms with Crippen LogP contribution in [0.5, 0.6) is 11.5 Å². The molecule has 0 saturated carbocycles. The van der Waals surface area contributed by atoms with Crippen LogP contribution < -0.4 is 9.47 Å². The van der Waals surface area contributed by atoms with Crippen molar-refractivity contribution in [1.29, 1.82) is 0 Å². The van der Waals surface area contributed by atoms with Crippen molar-refractivity contribution in [3.05, 3.63) is 62.6 Å². The summed E-state index contributed by atoms with van der Waals surface area (Å²) in [5, 5.41) is 11.7. The van der Waals surface area contributed by atoms with Crippen LogP contribution in [0.2, 0.25) is 10.0 Å². The number of esters is 1. The lowest BCUT2D eigenvalue weighted by Crippen LogP contribution is -2.18. The number of benzene rings is 2. The maximum atomic E-state index is 11.6. The molecule has 0 radical (unpaired) electrons. The van der Waals surface area contributed by atoms with Gasteiger partial charge in [0.1, 0.15) is 19.0 Å².